The molecule has 1 aromatic heterocycles. The van der Waals surface area contributed by atoms with E-state index in [0.29, 0.717) is 6.54 Å². The number of hydrogen-bond acceptors (Lipinski definition) is 3. The Labute approximate surface area is 124 Å². The highest BCUT2D eigenvalue weighted by Gasteiger charge is 2.24. The molecule has 1 amide bonds. The van der Waals surface area contributed by atoms with Crippen molar-refractivity contribution >= 4 is 16.8 Å². The number of aromatic nitrogens is 1. The van der Waals surface area contributed by atoms with Crippen LogP contribution in [0.5, 0.6) is 0 Å². The summed E-state index contributed by atoms with van der Waals surface area (Å²) in [5.41, 5.74) is 3.85. The molecule has 4 heteroatoms. The number of fused-ring (bicyclic) bond motifs is 2. The molecule has 1 aromatic carbocycles. The Hall–Kier alpha value is -1.94. The van der Waals surface area contributed by atoms with Gasteiger partial charge in [0.05, 0.1) is 17.7 Å². The number of carbonyl (C=O) groups is 1. The van der Waals surface area contributed by atoms with Crippen LogP contribution in [0.3, 0.4) is 0 Å². The van der Waals surface area contributed by atoms with Crippen LogP contribution < -0.4 is 0 Å². The molecule has 0 saturated heterocycles. The molecule has 21 heavy (non-hydrogen) atoms. The first kappa shape index (κ1) is 14.0. The van der Waals surface area contributed by atoms with Gasteiger partial charge in [-0.15, -0.1) is 0 Å². The van der Waals surface area contributed by atoms with E-state index in [0.717, 1.165) is 53.4 Å². The number of pyridine rings is 1. The van der Waals surface area contributed by atoms with E-state index in [-0.39, 0.29) is 12.5 Å². The molecule has 4 nitrogen and oxygen atoms in total. The number of likely N-dealkylation sites (N-methyl/N-ethyl adjacent to an activating group) is 1. The van der Waals surface area contributed by atoms with Crippen molar-refractivity contribution in [2.75, 3.05) is 20.2 Å². The summed E-state index contributed by atoms with van der Waals surface area (Å²) in [4.78, 5) is 19.1. The Morgan fingerprint density at radius 2 is 2.05 bits per heavy atom. The molecular weight excluding hydrogens is 264 g/mol. The summed E-state index contributed by atoms with van der Waals surface area (Å²) in [5, 5.41) is 10.0. The quantitative estimate of drug-likeness (QED) is 0.940. The maximum atomic E-state index is 12.8. The van der Waals surface area contributed by atoms with E-state index >= 15 is 0 Å². The summed E-state index contributed by atoms with van der Waals surface area (Å²) in [6.45, 7) is 0.331. The van der Waals surface area contributed by atoms with E-state index < -0.39 is 0 Å². The number of aliphatic hydroxyl groups is 1. The normalized spacial score (nSPS) is 14.0. The number of para-hydroxylation sites is 1. The molecule has 2 aromatic rings. The van der Waals surface area contributed by atoms with Gasteiger partial charge in [-0.05, 0) is 37.3 Å². The molecule has 0 atom stereocenters. The zero-order chi connectivity index (χ0) is 14.8. The monoisotopic (exact) mass is 284 g/mol. The van der Waals surface area contributed by atoms with Crippen molar-refractivity contribution < 1.29 is 9.90 Å². The SMILES string of the molecule is CN(CCO)C(=O)c1c2c(nc3ccccc13)CCCC2. The third-order valence-corrected chi connectivity index (χ3v) is 4.17. The molecule has 1 heterocycles. The number of rotatable bonds is 3. The van der Waals surface area contributed by atoms with Crippen LogP contribution in [-0.2, 0) is 12.8 Å². The van der Waals surface area contributed by atoms with Gasteiger partial charge in [0.1, 0.15) is 0 Å². The minimum Gasteiger partial charge on any atom is -0.395 e. The number of carbonyl (C=O) groups excluding carboxylic acids is 1. The highest BCUT2D eigenvalue weighted by atomic mass is 16.3. The summed E-state index contributed by atoms with van der Waals surface area (Å²) in [6.07, 6.45) is 4.11. The molecule has 3 rings (SSSR count). The Kier molecular flexibility index (Phi) is 3.88. The average molecular weight is 284 g/mol. The zero-order valence-electron chi connectivity index (χ0n) is 12.3. The largest absolute Gasteiger partial charge is 0.395 e. The highest BCUT2D eigenvalue weighted by molar-refractivity contribution is 6.07. The lowest BCUT2D eigenvalue weighted by Crippen LogP contribution is -2.31. The van der Waals surface area contributed by atoms with Crippen molar-refractivity contribution in [3.05, 3.63) is 41.1 Å². The van der Waals surface area contributed by atoms with Gasteiger partial charge in [-0.2, -0.15) is 0 Å². The standard InChI is InChI=1S/C17H20N2O2/c1-19(10-11-20)17(21)16-12-6-2-4-8-14(12)18-15-9-5-3-7-13(15)16/h2,4,6,8,20H,3,5,7,9-11H2,1H3. The second-order valence-electron chi connectivity index (χ2n) is 5.59. The van der Waals surface area contributed by atoms with E-state index in [1.807, 2.05) is 24.3 Å². The number of nitrogens with zero attached hydrogens (tertiary/aromatic N) is 2. The van der Waals surface area contributed by atoms with Gasteiger partial charge in [-0.25, -0.2) is 0 Å². The van der Waals surface area contributed by atoms with Gasteiger partial charge in [0.2, 0.25) is 0 Å². The lowest BCUT2D eigenvalue weighted by atomic mass is 9.89. The summed E-state index contributed by atoms with van der Waals surface area (Å²) in [7, 11) is 1.74. The summed E-state index contributed by atoms with van der Waals surface area (Å²) in [5.74, 6) is -0.0131. The van der Waals surface area contributed by atoms with E-state index in [2.05, 4.69) is 0 Å². The molecule has 0 aliphatic heterocycles. The first-order chi connectivity index (χ1) is 10.2. The number of amides is 1. The van der Waals surface area contributed by atoms with Crippen LogP contribution in [0, 0.1) is 0 Å². The van der Waals surface area contributed by atoms with E-state index in [1.165, 1.54) is 0 Å². The van der Waals surface area contributed by atoms with Crippen LogP contribution in [0.4, 0.5) is 0 Å². The lowest BCUT2D eigenvalue weighted by molar-refractivity contribution is 0.0767. The fraction of sp³-hybridized carbons (Fsp3) is 0.412. The summed E-state index contributed by atoms with van der Waals surface area (Å²) >= 11 is 0. The molecular formula is C17H20N2O2. The minimum atomic E-state index is -0.0204. The molecule has 110 valence electrons. The van der Waals surface area contributed by atoms with Gasteiger partial charge in [0.25, 0.3) is 5.91 Å². The zero-order valence-corrected chi connectivity index (χ0v) is 12.3. The Morgan fingerprint density at radius 1 is 1.29 bits per heavy atom. The van der Waals surface area contributed by atoms with Crippen molar-refractivity contribution in [2.45, 2.75) is 25.7 Å². The topological polar surface area (TPSA) is 53.4 Å². The second kappa shape index (κ2) is 5.82. The van der Waals surface area contributed by atoms with Crippen molar-refractivity contribution in [2.24, 2.45) is 0 Å². The number of benzene rings is 1. The van der Waals surface area contributed by atoms with E-state index in [4.69, 9.17) is 10.1 Å². The molecule has 0 spiro atoms. The predicted molar refractivity (Wildman–Crippen MR) is 82.4 cm³/mol. The fourth-order valence-electron chi connectivity index (χ4n) is 3.06. The lowest BCUT2D eigenvalue weighted by Gasteiger charge is -2.23. The number of aliphatic hydroxyl groups excluding tert-OH is 1. The van der Waals surface area contributed by atoms with Crippen molar-refractivity contribution in [1.82, 2.24) is 9.88 Å². The van der Waals surface area contributed by atoms with Gasteiger partial charge in [-0.1, -0.05) is 18.2 Å². The van der Waals surface area contributed by atoms with Gasteiger partial charge in [0, 0.05) is 24.7 Å². The van der Waals surface area contributed by atoms with Crippen molar-refractivity contribution in [3.63, 3.8) is 0 Å². The molecule has 0 bridgehead atoms. The molecule has 1 N–H and O–H groups in total. The van der Waals surface area contributed by atoms with Crippen LogP contribution in [0.2, 0.25) is 0 Å². The summed E-state index contributed by atoms with van der Waals surface area (Å²) in [6, 6.07) is 7.84. The predicted octanol–water partition coefficient (Wildman–Crippen LogP) is 2.18. The molecule has 1 aliphatic carbocycles. The van der Waals surface area contributed by atoms with E-state index in [9.17, 15) is 4.79 Å². The first-order valence-corrected chi connectivity index (χ1v) is 7.49. The van der Waals surface area contributed by atoms with Gasteiger partial charge >= 0.3 is 0 Å². The van der Waals surface area contributed by atoms with Crippen LogP contribution >= 0.6 is 0 Å². The fourth-order valence-corrected chi connectivity index (χ4v) is 3.06. The maximum Gasteiger partial charge on any atom is 0.254 e. The average Bonchev–Trinajstić information content (AvgIpc) is 2.52. The highest BCUT2D eigenvalue weighted by Crippen LogP contribution is 2.29. The van der Waals surface area contributed by atoms with Crippen molar-refractivity contribution in [3.8, 4) is 0 Å². The third kappa shape index (κ3) is 2.51. The maximum absolute atomic E-state index is 12.8. The third-order valence-electron chi connectivity index (χ3n) is 4.17. The molecule has 0 radical (unpaired) electrons. The van der Waals surface area contributed by atoms with Crippen molar-refractivity contribution in [1.29, 1.82) is 0 Å². The van der Waals surface area contributed by atoms with Crippen LogP contribution in [-0.4, -0.2) is 41.1 Å². The molecule has 0 saturated carbocycles. The number of hydrogen-bond donors (Lipinski definition) is 1. The molecule has 1 aliphatic rings. The molecule has 0 fully saturated rings. The van der Waals surface area contributed by atoms with Gasteiger partial charge in [-0.3, -0.25) is 9.78 Å². The minimum absolute atomic E-state index is 0.0131. The van der Waals surface area contributed by atoms with Crippen LogP contribution in [0.1, 0.15) is 34.5 Å². The summed E-state index contributed by atoms with van der Waals surface area (Å²) < 4.78 is 0. The smallest absolute Gasteiger partial charge is 0.254 e. The second-order valence-corrected chi connectivity index (χ2v) is 5.59. The number of aryl methyl sites for hydroxylation is 1. The first-order valence-electron chi connectivity index (χ1n) is 7.49. The van der Waals surface area contributed by atoms with Gasteiger partial charge in [0.15, 0.2) is 0 Å². The van der Waals surface area contributed by atoms with Crippen LogP contribution in [0.25, 0.3) is 10.9 Å². The Balaban J connectivity index is 2.20. The van der Waals surface area contributed by atoms with Gasteiger partial charge < -0.3 is 10.0 Å². The molecule has 0 unspecified atom stereocenters. The van der Waals surface area contributed by atoms with E-state index in [1.54, 1.807) is 11.9 Å². The Morgan fingerprint density at radius 3 is 2.86 bits per heavy atom. The Bertz CT molecular complexity index is 682. The van der Waals surface area contributed by atoms with Crippen LogP contribution in [0.15, 0.2) is 24.3 Å².